The number of thioether (sulfide) groups is 1. The van der Waals surface area contributed by atoms with Crippen molar-refractivity contribution >= 4 is 29.1 Å². The van der Waals surface area contributed by atoms with E-state index in [1.807, 2.05) is 23.9 Å². The van der Waals surface area contributed by atoms with Gasteiger partial charge in [-0.25, -0.2) is 0 Å². The van der Waals surface area contributed by atoms with Crippen molar-refractivity contribution in [2.24, 2.45) is 0 Å². The zero-order valence-electron chi connectivity index (χ0n) is 10.8. The number of fused-ring (bicyclic) bond motifs is 1. The Balaban J connectivity index is 1.93. The Morgan fingerprint density at radius 3 is 2.63 bits per heavy atom. The number of hydrogen-bond donors (Lipinski definition) is 1. The molecule has 0 aromatic heterocycles. The Morgan fingerprint density at radius 1 is 1.11 bits per heavy atom. The van der Waals surface area contributed by atoms with Crippen molar-refractivity contribution in [3.8, 4) is 0 Å². The van der Waals surface area contributed by atoms with Gasteiger partial charge in [0.05, 0.1) is 0 Å². The molecule has 0 saturated carbocycles. The van der Waals surface area contributed by atoms with Crippen LogP contribution in [-0.2, 0) is 0 Å². The molecule has 1 aliphatic heterocycles. The quantitative estimate of drug-likeness (QED) is 0.756. The second-order valence-corrected chi connectivity index (χ2v) is 6.62. The van der Waals surface area contributed by atoms with Crippen molar-refractivity contribution in [3.05, 3.63) is 59.1 Å². The molecule has 1 nitrogen and oxygen atoms in total. The van der Waals surface area contributed by atoms with Gasteiger partial charge in [0.2, 0.25) is 0 Å². The Bertz CT molecular complexity index is 567. The maximum atomic E-state index is 5.97. The van der Waals surface area contributed by atoms with E-state index >= 15 is 0 Å². The molecule has 1 N–H and O–H groups in total. The van der Waals surface area contributed by atoms with Gasteiger partial charge in [0.1, 0.15) is 0 Å². The summed E-state index contributed by atoms with van der Waals surface area (Å²) in [6.45, 7) is 2.24. The highest BCUT2D eigenvalue weighted by atomic mass is 35.5. The number of rotatable bonds is 1. The van der Waals surface area contributed by atoms with Crippen LogP contribution in [0.15, 0.2) is 53.4 Å². The first-order valence-electron chi connectivity index (χ1n) is 6.50. The van der Waals surface area contributed by atoms with Crippen molar-refractivity contribution in [3.63, 3.8) is 0 Å². The van der Waals surface area contributed by atoms with Gasteiger partial charge in [-0.2, -0.15) is 0 Å². The summed E-state index contributed by atoms with van der Waals surface area (Å²) in [7, 11) is 0. The number of para-hydroxylation sites is 1. The maximum Gasteiger partial charge on any atom is 0.0480 e. The van der Waals surface area contributed by atoms with E-state index in [0.717, 1.165) is 11.4 Å². The molecule has 1 heterocycles. The topological polar surface area (TPSA) is 12.0 Å². The van der Waals surface area contributed by atoms with Gasteiger partial charge >= 0.3 is 0 Å². The van der Waals surface area contributed by atoms with Crippen molar-refractivity contribution in [2.45, 2.75) is 29.5 Å². The molecule has 2 atom stereocenters. The van der Waals surface area contributed by atoms with E-state index in [9.17, 15) is 0 Å². The third-order valence-corrected chi connectivity index (χ3v) is 4.98. The van der Waals surface area contributed by atoms with Crippen LogP contribution in [0.3, 0.4) is 0 Å². The van der Waals surface area contributed by atoms with Crippen LogP contribution >= 0.6 is 23.4 Å². The molecule has 0 fully saturated rings. The van der Waals surface area contributed by atoms with E-state index in [2.05, 4.69) is 48.6 Å². The van der Waals surface area contributed by atoms with E-state index < -0.39 is 0 Å². The monoisotopic (exact) mass is 289 g/mol. The highest BCUT2D eigenvalue weighted by Crippen LogP contribution is 2.44. The normalized spacial score (nSPS) is 22.2. The highest BCUT2D eigenvalue weighted by Gasteiger charge is 2.22. The summed E-state index contributed by atoms with van der Waals surface area (Å²) in [5.74, 6) is 0. The minimum atomic E-state index is 0.469. The minimum Gasteiger partial charge on any atom is -0.382 e. The summed E-state index contributed by atoms with van der Waals surface area (Å²) in [6, 6.07) is 17.2. The summed E-state index contributed by atoms with van der Waals surface area (Å²) in [4.78, 5) is 1.33. The second kappa shape index (κ2) is 5.48. The number of nitrogens with one attached hydrogen (secondary N) is 1. The van der Waals surface area contributed by atoms with Crippen LogP contribution in [0.4, 0.5) is 5.69 Å². The Morgan fingerprint density at radius 2 is 1.84 bits per heavy atom. The second-order valence-electron chi connectivity index (χ2n) is 4.94. The van der Waals surface area contributed by atoms with Crippen LogP contribution < -0.4 is 5.32 Å². The van der Waals surface area contributed by atoms with Gasteiger partial charge in [-0.05, 0) is 43.2 Å². The van der Waals surface area contributed by atoms with Gasteiger partial charge in [0, 0.05) is 26.9 Å². The summed E-state index contributed by atoms with van der Waals surface area (Å²) in [5.41, 5.74) is 2.59. The average Bonchev–Trinajstić information content (AvgIpc) is 2.57. The smallest absolute Gasteiger partial charge is 0.0480 e. The van der Waals surface area contributed by atoms with Crippen molar-refractivity contribution in [2.75, 3.05) is 5.32 Å². The SMILES string of the molecule is C[C@H]1C[C@@H](c2ccc(Cl)cc2)Sc2ccccc2N1. The van der Waals surface area contributed by atoms with E-state index in [1.165, 1.54) is 16.1 Å². The number of benzene rings is 2. The number of halogens is 1. The van der Waals surface area contributed by atoms with Gasteiger partial charge in [0.15, 0.2) is 0 Å². The van der Waals surface area contributed by atoms with Gasteiger partial charge in [-0.1, -0.05) is 35.9 Å². The Labute approximate surface area is 123 Å². The molecule has 0 saturated heterocycles. The highest BCUT2D eigenvalue weighted by molar-refractivity contribution is 7.99. The largest absolute Gasteiger partial charge is 0.382 e. The predicted octanol–water partition coefficient (Wildman–Crippen LogP) is 5.38. The zero-order valence-corrected chi connectivity index (χ0v) is 12.3. The fourth-order valence-electron chi connectivity index (χ4n) is 2.42. The molecule has 0 radical (unpaired) electrons. The predicted molar refractivity (Wildman–Crippen MR) is 84.2 cm³/mol. The summed E-state index contributed by atoms with van der Waals surface area (Å²) in [6.07, 6.45) is 1.11. The van der Waals surface area contributed by atoms with Gasteiger partial charge in [0.25, 0.3) is 0 Å². The van der Waals surface area contributed by atoms with Crippen LogP contribution in [0.2, 0.25) is 5.02 Å². The molecule has 2 aromatic rings. The van der Waals surface area contributed by atoms with Crippen molar-refractivity contribution < 1.29 is 0 Å². The Hall–Kier alpha value is -1.12. The molecule has 0 amide bonds. The summed E-state index contributed by atoms with van der Waals surface area (Å²) >= 11 is 7.91. The van der Waals surface area contributed by atoms with Crippen LogP contribution in [0.25, 0.3) is 0 Å². The molecular formula is C16H16ClNS. The molecule has 2 aromatic carbocycles. The molecular weight excluding hydrogens is 274 g/mol. The Kier molecular flexibility index (Phi) is 3.72. The average molecular weight is 290 g/mol. The van der Waals surface area contributed by atoms with Crippen LogP contribution in [0.5, 0.6) is 0 Å². The van der Waals surface area contributed by atoms with E-state index in [1.54, 1.807) is 0 Å². The van der Waals surface area contributed by atoms with Crippen molar-refractivity contribution in [1.82, 2.24) is 0 Å². The molecule has 0 spiro atoms. The molecule has 0 aliphatic carbocycles. The fourth-order valence-corrected chi connectivity index (χ4v) is 3.94. The molecule has 0 unspecified atom stereocenters. The van der Waals surface area contributed by atoms with Gasteiger partial charge < -0.3 is 5.32 Å². The maximum absolute atomic E-state index is 5.97. The lowest BCUT2D eigenvalue weighted by molar-refractivity contribution is 0.700. The van der Waals surface area contributed by atoms with Gasteiger partial charge in [-0.15, -0.1) is 11.8 Å². The van der Waals surface area contributed by atoms with Crippen LogP contribution in [0.1, 0.15) is 24.2 Å². The lowest BCUT2D eigenvalue weighted by atomic mass is 10.1. The lowest BCUT2D eigenvalue weighted by Gasteiger charge is -2.17. The molecule has 3 rings (SSSR count). The minimum absolute atomic E-state index is 0.469. The van der Waals surface area contributed by atoms with Crippen LogP contribution in [-0.4, -0.2) is 6.04 Å². The van der Waals surface area contributed by atoms with E-state index in [-0.39, 0.29) is 0 Å². The summed E-state index contributed by atoms with van der Waals surface area (Å²) < 4.78 is 0. The van der Waals surface area contributed by atoms with E-state index in [4.69, 9.17) is 11.6 Å². The fraction of sp³-hybridized carbons (Fsp3) is 0.250. The first-order chi connectivity index (χ1) is 9.22. The van der Waals surface area contributed by atoms with Gasteiger partial charge in [-0.3, -0.25) is 0 Å². The zero-order chi connectivity index (χ0) is 13.2. The summed E-state index contributed by atoms with van der Waals surface area (Å²) in [5, 5.41) is 4.86. The lowest BCUT2D eigenvalue weighted by Crippen LogP contribution is -2.15. The standard InChI is InChI=1S/C16H16ClNS/c1-11-10-16(12-6-8-13(17)9-7-12)19-15-5-3-2-4-14(15)18-11/h2-9,11,16,18H,10H2,1H3/t11-,16-/m0/s1. The molecule has 19 heavy (non-hydrogen) atoms. The van der Waals surface area contributed by atoms with Crippen LogP contribution in [0, 0.1) is 0 Å². The third kappa shape index (κ3) is 2.90. The van der Waals surface area contributed by atoms with Crippen molar-refractivity contribution in [1.29, 1.82) is 0 Å². The first-order valence-corrected chi connectivity index (χ1v) is 7.76. The molecule has 98 valence electrons. The number of hydrogen-bond acceptors (Lipinski definition) is 2. The molecule has 0 bridgehead atoms. The van der Waals surface area contributed by atoms with E-state index in [0.29, 0.717) is 11.3 Å². The first kappa shape index (κ1) is 12.9. The third-order valence-electron chi connectivity index (χ3n) is 3.37. The molecule has 3 heteroatoms. The number of anilines is 1. The molecule has 1 aliphatic rings.